The van der Waals surface area contributed by atoms with Crippen molar-refractivity contribution in [1.82, 2.24) is 24.6 Å². The molecule has 1 aliphatic rings. The highest BCUT2D eigenvalue weighted by Crippen LogP contribution is 2.23. The van der Waals surface area contributed by atoms with E-state index in [2.05, 4.69) is 58.2 Å². The normalized spacial score (nSPS) is 14.2. The first-order valence-corrected chi connectivity index (χ1v) is 16.2. The number of likely N-dealkylation sites (tertiary alicyclic amines) is 1. The summed E-state index contributed by atoms with van der Waals surface area (Å²) >= 11 is 0. The Kier molecular flexibility index (Phi) is 10.1. The van der Waals surface area contributed by atoms with E-state index in [0.29, 0.717) is 24.4 Å². The highest BCUT2D eigenvalue weighted by atomic mass is 19.2. The zero-order valence-electron chi connectivity index (χ0n) is 27.2. The number of hydrogen-bond donors (Lipinski definition) is 0. The zero-order chi connectivity index (χ0) is 33.6. The molecule has 5 aromatic rings. The summed E-state index contributed by atoms with van der Waals surface area (Å²) in [6, 6.07) is 20.0. The van der Waals surface area contributed by atoms with Crippen LogP contribution in [0.3, 0.4) is 0 Å². The van der Waals surface area contributed by atoms with Crippen molar-refractivity contribution in [3.63, 3.8) is 0 Å². The molecule has 6 rings (SSSR count). The van der Waals surface area contributed by atoms with Gasteiger partial charge in [0, 0.05) is 49.4 Å². The standard InChI is InChI=1S/C38H38F2N6O2/c1-44-19-16-31(17-20-44)45(2)30-11-7-27(8-12-30)23-37-41-24-29-21-26(10-14-35(29)43-37)5-3-4-6-36(47)32-15-18-42-46(38(32)48)25-28-9-13-33(39)34(40)22-28/h3,5,7-15,18,21-22,24,31H,4,6,16-17,19-20,23,25H2,1-2H3/b5-3+. The van der Waals surface area contributed by atoms with E-state index in [4.69, 9.17) is 4.98 Å². The molecule has 2 aromatic heterocycles. The number of aromatic nitrogens is 4. The number of anilines is 1. The topological polar surface area (TPSA) is 84.2 Å². The first kappa shape index (κ1) is 32.8. The number of nitrogens with zero attached hydrogens (tertiary/aromatic N) is 6. The quantitative estimate of drug-likeness (QED) is 0.155. The molecular formula is C38H38F2N6O2. The van der Waals surface area contributed by atoms with Gasteiger partial charge in [-0.3, -0.25) is 9.59 Å². The summed E-state index contributed by atoms with van der Waals surface area (Å²) in [4.78, 5) is 39.9. The summed E-state index contributed by atoms with van der Waals surface area (Å²) in [5, 5.41) is 4.91. The molecule has 1 aliphatic heterocycles. The second-order valence-corrected chi connectivity index (χ2v) is 12.4. The fourth-order valence-electron chi connectivity index (χ4n) is 6.06. The maximum Gasteiger partial charge on any atom is 0.277 e. The molecule has 48 heavy (non-hydrogen) atoms. The average molecular weight is 649 g/mol. The molecule has 0 atom stereocenters. The Morgan fingerprint density at radius 2 is 1.75 bits per heavy atom. The van der Waals surface area contributed by atoms with Crippen LogP contribution in [0.5, 0.6) is 0 Å². The first-order valence-electron chi connectivity index (χ1n) is 16.2. The molecule has 0 unspecified atom stereocenters. The van der Waals surface area contributed by atoms with Gasteiger partial charge in [-0.25, -0.2) is 23.4 Å². The number of Topliss-reactive ketones (excluding diaryl/α,β-unsaturated/α-hetero) is 1. The van der Waals surface area contributed by atoms with E-state index in [0.717, 1.165) is 57.8 Å². The van der Waals surface area contributed by atoms with Crippen molar-refractivity contribution in [3.8, 4) is 0 Å². The van der Waals surface area contributed by atoms with Gasteiger partial charge < -0.3 is 9.80 Å². The third kappa shape index (κ3) is 7.88. The summed E-state index contributed by atoms with van der Waals surface area (Å²) in [7, 11) is 4.37. The predicted octanol–water partition coefficient (Wildman–Crippen LogP) is 6.31. The van der Waals surface area contributed by atoms with Crippen LogP contribution in [0.15, 0.2) is 90.0 Å². The number of carbonyl (C=O) groups is 1. The van der Waals surface area contributed by atoms with Crippen molar-refractivity contribution in [2.45, 2.75) is 44.7 Å². The van der Waals surface area contributed by atoms with Crippen LogP contribution in [-0.4, -0.2) is 63.7 Å². The average Bonchev–Trinajstić information content (AvgIpc) is 3.09. The fraction of sp³-hybridized carbons (Fsp3) is 0.289. The number of halogens is 2. The number of hydrogen-bond acceptors (Lipinski definition) is 7. The maximum absolute atomic E-state index is 13.6. The molecule has 0 N–H and O–H groups in total. The van der Waals surface area contributed by atoms with Crippen molar-refractivity contribution in [3.05, 3.63) is 135 Å². The Bertz CT molecular complexity index is 2000. The van der Waals surface area contributed by atoms with Crippen molar-refractivity contribution in [2.24, 2.45) is 0 Å². The van der Waals surface area contributed by atoms with Gasteiger partial charge in [0.2, 0.25) is 0 Å². The van der Waals surface area contributed by atoms with Gasteiger partial charge >= 0.3 is 0 Å². The Hall–Kier alpha value is -5.09. The second-order valence-electron chi connectivity index (χ2n) is 12.4. The molecular weight excluding hydrogens is 610 g/mol. The molecule has 0 spiro atoms. The summed E-state index contributed by atoms with van der Waals surface area (Å²) < 4.78 is 27.9. The molecule has 3 heterocycles. The number of benzene rings is 3. The predicted molar refractivity (Wildman–Crippen MR) is 184 cm³/mol. The Balaban J connectivity index is 1.03. The SMILES string of the molecule is CN1CCC(N(C)c2ccc(Cc3ncc4cc(/C=C/CCC(=O)c5ccnn(Cc6ccc(F)c(F)c6)c5=O)ccc4n3)cc2)CC1. The summed E-state index contributed by atoms with van der Waals surface area (Å²) in [5.41, 5.74) is 4.02. The van der Waals surface area contributed by atoms with Crippen molar-refractivity contribution in [1.29, 1.82) is 0 Å². The third-order valence-electron chi connectivity index (χ3n) is 8.97. The van der Waals surface area contributed by atoms with E-state index in [1.165, 1.54) is 36.9 Å². The summed E-state index contributed by atoms with van der Waals surface area (Å²) in [6.45, 7) is 2.20. The van der Waals surface area contributed by atoms with Crippen LogP contribution >= 0.6 is 0 Å². The van der Waals surface area contributed by atoms with Crippen molar-refractivity contribution < 1.29 is 13.6 Å². The molecule has 0 saturated carbocycles. The number of fused-ring (bicyclic) bond motifs is 1. The van der Waals surface area contributed by atoms with Crippen LogP contribution in [-0.2, 0) is 13.0 Å². The van der Waals surface area contributed by atoms with Gasteiger partial charge in [-0.1, -0.05) is 36.4 Å². The van der Waals surface area contributed by atoms with Gasteiger partial charge in [-0.15, -0.1) is 0 Å². The largest absolute Gasteiger partial charge is 0.372 e. The smallest absolute Gasteiger partial charge is 0.277 e. The fourth-order valence-corrected chi connectivity index (χ4v) is 6.06. The number of piperidine rings is 1. The first-order chi connectivity index (χ1) is 23.2. The van der Waals surface area contributed by atoms with E-state index in [1.807, 2.05) is 36.5 Å². The Labute approximate surface area is 278 Å². The lowest BCUT2D eigenvalue weighted by Gasteiger charge is -2.36. The molecule has 8 nitrogen and oxygen atoms in total. The summed E-state index contributed by atoms with van der Waals surface area (Å²) in [5.74, 6) is -1.53. The third-order valence-corrected chi connectivity index (χ3v) is 8.97. The lowest BCUT2D eigenvalue weighted by atomic mass is 10.0. The molecule has 1 saturated heterocycles. The van der Waals surface area contributed by atoms with Gasteiger partial charge in [0.1, 0.15) is 5.82 Å². The van der Waals surface area contributed by atoms with Gasteiger partial charge in [-0.05, 0) is 98.6 Å². The van der Waals surface area contributed by atoms with Crippen molar-refractivity contribution >= 4 is 28.4 Å². The molecule has 0 aliphatic carbocycles. The van der Waals surface area contributed by atoms with Crippen molar-refractivity contribution in [2.75, 3.05) is 32.1 Å². The van der Waals surface area contributed by atoms with Gasteiger partial charge in [0.15, 0.2) is 17.4 Å². The highest BCUT2D eigenvalue weighted by Gasteiger charge is 2.21. The number of rotatable bonds is 11. The highest BCUT2D eigenvalue weighted by molar-refractivity contribution is 5.95. The molecule has 10 heteroatoms. The molecule has 3 aromatic carbocycles. The maximum atomic E-state index is 13.6. The molecule has 0 amide bonds. The number of carbonyl (C=O) groups excluding carboxylic acids is 1. The monoisotopic (exact) mass is 648 g/mol. The van der Waals surface area contributed by atoms with E-state index in [-0.39, 0.29) is 24.3 Å². The van der Waals surface area contributed by atoms with Gasteiger partial charge in [-0.2, -0.15) is 5.10 Å². The number of ketones is 1. The minimum atomic E-state index is -1.01. The molecule has 1 fully saturated rings. The zero-order valence-corrected chi connectivity index (χ0v) is 27.2. The lowest BCUT2D eigenvalue weighted by molar-refractivity contribution is 0.0981. The van der Waals surface area contributed by atoms with E-state index >= 15 is 0 Å². The summed E-state index contributed by atoms with van der Waals surface area (Å²) in [6.07, 6.45) is 10.6. The van der Waals surface area contributed by atoms with Gasteiger partial charge in [0.05, 0.1) is 17.6 Å². The van der Waals surface area contributed by atoms with Gasteiger partial charge in [0.25, 0.3) is 5.56 Å². The van der Waals surface area contributed by atoms with E-state index in [1.54, 1.807) is 0 Å². The molecule has 0 bridgehead atoms. The van der Waals surface area contributed by atoms with Crippen LogP contribution in [0.2, 0.25) is 0 Å². The molecule has 0 radical (unpaired) electrons. The molecule has 246 valence electrons. The Morgan fingerprint density at radius 1 is 0.979 bits per heavy atom. The number of allylic oxidation sites excluding steroid dienone is 1. The second kappa shape index (κ2) is 14.8. The Morgan fingerprint density at radius 3 is 2.52 bits per heavy atom. The lowest BCUT2D eigenvalue weighted by Crippen LogP contribution is -2.41. The van der Waals surface area contributed by atoms with Crippen LogP contribution in [0.1, 0.15) is 58.6 Å². The van der Waals surface area contributed by atoms with Crippen LogP contribution in [0, 0.1) is 11.6 Å². The van der Waals surface area contributed by atoms with E-state index in [9.17, 15) is 18.4 Å². The minimum absolute atomic E-state index is 0.00979. The van der Waals surface area contributed by atoms with Crippen LogP contribution in [0.4, 0.5) is 14.5 Å². The minimum Gasteiger partial charge on any atom is -0.372 e. The van der Waals surface area contributed by atoms with Crippen LogP contribution < -0.4 is 10.5 Å². The van der Waals surface area contributed by atoms with E-state index < -0.39 is 17.2 Å². The van der Waals surface area contributed by atoms with Crippen LogP contribution in [0.25, 0.3) is 17.0 Å².